The molecule has 0 saturated carbocycles. The fourth-order valence-corrected chi connectivity index (χ4v) is 2.41. The SMILES string of the molecule is CCc1nnc(SC(C)CO)c(C#N)c1CC. The normalized spacial score (nSPS) is 12.2. The Balaban J connectivity index is 3.20. The van der Waals surface area contributed by atoms with Gasteiger partial charge >= 0.3 is 0 Å². The number of aryl methyl sites for hydroxylation is 1. The lowest BCUT2D eigenvalue weighted by Gasteiger charge is -2.12. The topological polar surface area (TPSA) is 69.8 Å². The van der Waals surface area contributed by atoms with Gasteiger partial charge in [0, 0.05) is 5.25 Å². The lowest BCUT2D eigenvalue weighted by molar-refractivity contribution is 0.300. The summed E-state index contributed by atoms with van der Waals surface area (Å²) in [6.07, 6.45) is 1.56. The van der Waals surface area contributed by atoms with Gasteiger partial charge in [0.25, 0.3) is 0 Å². The molecule has 0 saturated heterocycles. The Hall–Kier alpha value is -1.12. The second-order valence-corrected chi connectivity index (χ2v) is 5.16. The van der Waals surface area contributed by atoms with Crippen LogP contribution >= 0.6 is 11.8 Å². The number of hydrogen-bond donors (Lipinski definition) is 1. The summed E-state index contributed by atoms with van der Waals surface area (Å²) in [6, 6.07) is 2.21. The van der Waals surface area contributed by atoms with Crippen LogP contribution in [0, 0.1) is 11.3 Å². The Morgan fingerprint density at radius 1 is 1.35 bits per heavy atom. The van der Waals surface area contributed by atoms with Gasteiger partial charge in [-0.15, -0.1) is 5.10 Å². The van der Waals surface area contributed by atoms with Crippen LogP contribution < -0.4 is 0 Å². The molecule has 0 bridgehead atoms. The van der Waals surface area contributed by atoms with Gasteiger partial charge < -0.3 is 5.11 Å². The first-order chi connectivity index (χ1) is 8.17. The molecule has 5 heteroatoms. The van der Waals surface area contributed by atoms with E-state index >= 15 is 0 Å². The molecule has 0 fully saturated rings. The molecular formula is C12H17N3OS. The molecule has 0 amide bonds. The molecule has 0 aliphatic carbocycles. The quantitative estimate of drug-likeness (QED) is 0.810. The number of aliphatic hydroxyl groups excluding tert-OH is 1. The Labute approximate surface area is 106 Å². The van der Waals surface area contributed by atoms with E-state index in [0.717, 1.165) is 24.1 Å². The molecule has 1 N–H and O–H groups in total. The standard InChI is InChI=1S/C12H17N3OS/c1-4-9-10(6-13)12(17-8(3)7-16)15-14-11(9)5-2/h8,16H,4-5,7H2,1-3H3. The van der Waals surface area contributed by atoms with Gasteiger partial charge in [0.1, 0.15) is 11.1 Å². The third-order valence-electron chi connectivity index (χ3n) is 2.50. The van der Waals surface area contributed by atoms with Crippen molar-refractivity contribution in [3.05, 3.63) is 16.8 Å². The highest BCUT2D eigenvalue weighted by molar-refractivity contribution is 7.99. The molecule has 0 aromatic carbocycles. The van der Waals surface area contributed by atoms with E-state index in [9.17, 15) is 5.26 Å². The first-order valence-electron chi connectivity index (χ1n) is 5.73. The van der Waals surface area contributed by atoms with Gasteiger partial charge in [0.05, 0.1) is 17.9 Å². The van der Waals surface area contributed by atoms with Crippen LogP contribution in [-0.2, 0) is 12.8 Å². The highest BCUT2D eigenvalue weighted by Gasteiger charge is 2.16. The average molecular weight is 251 g/mol. The van der Waals surface area contributed by atoms with Crippen LogP contribution in [0.15, 0.2) is 5.03 Å². The Bertz CT molecular complexity index is 428. The van der Waals surface area contributed by atoms with E-state index in [1.54, 1.807) is 0 Å². The van der Waals surface area contributed by atoms with Gasteiger partial charge in [-0.05, 0) is 18.4 Å². The summed E-state index contributed by atoms with van der Waals surface area (Å²) < 4.78 is 0. The molecule has 1 heterocycles. The van der Waals surface area contributed by atoms with Crippen LogP contribution in [0.3, 0.4) is 0 Å². The van der Waals surface area contributed by atoms with Crippen LogP contribution in [0.5, 0.6) is 0 Å². The van der Waals surface area contributed by atoms with Crippen molar-refractivity contribution in [2.45, 2.75) is 43.9 Å². The van der Waals surface area contributed by atoms with E-state index in [4.69, 9.17) is 5.11 Å². The minimum Gasteiger partial charge on any atom is -0.395 e. The van der Waals surface area contributed by atoms with Crippen molar-refractivity contribution in [1.82, 2.24) is 10.2 Å². The zero-order valence-electron chi connectivity index (χ0n) is 10.4. The summed E-state index contributed by atoms with van der Waals surface area (Å²) in [5.41, 5.74) is 2.49. The predicted octanol–water partition coefficient (Wildman–Crippen LogP) is 1.95. The summed E-state index contributed by atoms with van der Waals surface area (Å²) in [7, 11) is 0. The van der Waals surface area contributed by atoms with Gasteiger partial charge in [-0.3, -0.25) is 0 Å². The third-order valence-corrected chi connectivity index (χ3v) is 3.56. The molecule has 17 heavy (non-hydrogen) atoms. The first-order valence-corrected chi connectivity index (χ1v) is 6.61. The molecule has 1 rings (SSSR count). The molecule has 1 unspecified atom stereocenters. The average Bonchev–Trinajstić information content (AvgIpc) is 2.37. The molecule has 0 radical (unpaired) electrons. The zero-order valence-corrected chi connectivity index (χ0v) is 11.2. The van der Waals surface area contributed by atoms with Crippen LogP contribution in [0.2, 0.25) is 0 Å². The van der Waals surface area contributed by atoms with E-state index in [1.165, 1.54) is 11.8 Å². The van der Waals surface area contributed by atoms with Gasteiger partial charge in [0.2, 0.25) is 0 Å². The lowest BCUT2D eigenvalue weighted by Crippen LogP contribution is -2.08. The van der Waals surface area contributed by atoms with Crippen molar-refractivity contribution in [1.29, 1.82) is 5.26 Å². The van der Waals surface area contributed by atoms with Crippen LogP contribution in [0.1, 0.15) is 37.6 Å². The Kier molecular flexibility index (Phi) is 5.39. The Morgan fingerprint density at radius 2 is 2.06 bits per heavy atom. The maximum Gasteiger partial charge on any atom is 0.137 e. The number of nitriles is 1. The Morgan fingerprint density at radius 3 is 2.53 bits per heavy atom. The summed E-state index contributed by atoms with van der Waals surface area (Å²) in [6.45, 7) is 5.98. The first kappa shape index (κ1) is 13.9. The lowest BCUT2D eigenvalue weighted by atomic mass is 10.1. The summed E-state index contributed by atoms with van der Waals surface area (Å²) in [4.78, 5) is 0. The smallest absolute Gasteiger partial charge is 0.137 e. The van der Waals surface area contributed by atoms with Crippen LogP contribution in [0.4, 0.5) is 0 Å². The number of aromatic nitrogens is 2. The zero-order chi connectivity index (χ0) is 12.8. The van der Waals surface area contributed by atoms with E-state index in [2.05, 4.69) is 16.3 Å². The fourth-order valence-electron chi connectivity index (χ4n) is 1.58. The highest BCUT2D eigenvalue weighted by Crippen LogP contribution is 2.27. The maximum absolute atomic E-state index is 9.24. The summed E-state index contributed by atoms with van der Waals surface area (Å²) in [5.74, 6) is 0. The monoisotopic (exact) mass is 251 g/mol. The second-order valence-electron chi connectivity index (χ2n) is 3.74. The second kappa shape index (κ2) is 6.58. The number of rotatable bonds is 5. The van der Waals surface area contributed by atoms with Crippen molar-refractivity contribution in [2.75, 3.05) is 6.61 Å². The molecule has 0 aliphatic rings. The minimum atomic E-state index is 0.0218. The van der Waals surface area contributed by atoms with E-state index in [0.29, 0.717) is 10.6 Å². The minimum absolute atomic E-state index is 0.0218. The molecule has 1 atom stereocenters. The van der Waals surface area contributed by atoms with Gasteiger partial charge in [-0.1, -0.05) is 32.5 Å². The van der Waals surface area contributed by atoms with Gasteiger partial charge in [-0.25, -0.2) is 0 Å². The fraction of sp³-hybridized carbons (Fsp3) is 0.583. The molecule has 1 aromatic rings. The number of thioether (sulfide) groups is 1. The molecule has 0 spiro atoms. The van der Waals surface area contributed by atoms with Crippen molar-refractivity contribution in [3.8, 4) is 6.07 Å². The van der Waals surface area contributed by atoms with Crippen molar-refractivity contribution in [2.24, 2.45) is 0 Å². The third kappa shape index (κ3) is 3.18. The molecular weight excluding hydrogens is 234 g/mol. The summed E-state index contributed by atoms with van der Waals surface area (Å²) >= 11 is 1.40. The van der Waals surface area contributed by atoms with Crippen molar-refractivity contribution in [3.63, 3.8) is 0 Å². The van der Waals surface area contributed by atoms with Crippen molar-refractivity contribution >= 4 is 11.8 Å². The number of nitrogens with zero attached hydrogens (tertiary/aromatic N) is 3. The predicted molar refractivity (Wildman–Crippen MR) is 67.9 cm³/mol. The summed E-state index contributed by atoms with van der Waals surface area (Å²) in [5, 5.41) is 27.2. The van der Waals surface area contributed by atoms with Crippen molar-refractivity contribution < 1.29 is 5.11 Å². The van der Waals surface area contributed by atoms with E-state index in [-0.39, 0.29) is 11.9 Å². The highest BCUT2D eigenvalue weighted by atomic mass is 32.2. The largest absolute Gasteiger partial charge is 0.395 e. The van der Waals surface area contributed by atoms with E-state index < -0.39 is 0 Å². The molecule has 0 aliphatic heterocycles. The molecule has 92 valence electrons. The van der Waals surface area contributed by atoms with E-state index in [1.807, 2.05) is 20.8 Å². The van der Waals surface area contributed by atoms with Gasteiger partial charge in [-0.2, -0.15) is 10.4 Å². The maximum atomic E-state index is 9.24. The number of aliphatic hydroxyl groups is 1. The van der Waals surface area contributed by atoms with Crippen LogP contribution in [-0.4, -0.2) is 27.2 Å². The molecule has 1 aromatic heterocycles. The number of hydrogen-bond acceptors (Lipinski definition) is 5. The molecule has 4 nitrogen and oxygen atoms in total. The van der Waals surface area contributed by atoms with Gasteiger partial charge in [0.15, 0.2) is 0 Å². The van der Waals surface area contributed by atoms with Crippen LogP contribution in [0.25, 0.3) is 0 Å².